The van der Waals surface area contributed by atoms with Crippen LogP contribution in [0.25, 0.3) is 5.69 Å². The highest BCUT2D eigenvalue weighted by molar-refractivity contribution is 5.48. The van der Waals surface area contributed by atoms with Crippen molar-refractivity contribution in [2.24, 2.45) is 15.2 Å². The number of aliphatic imine (C=N–C) groups is 1. The zero-order valence-electron chi connectivity index (χ0n) is 28.3. The number of azo groups is 1. The molecule has 0 atom stereocenters. The molecule has 4 nitrogen and oxygen atoms in total. The third-order valence-electron chi connectivity index (χ3n) is 7.47. The number of unbranched alkanes of at least 4 members (excludes halogenated alkanes) is 2. The van der Waals surface area contributed by atoms with E-state index < -0.39 is 0 Å². The summed E-state index contributed by atoms with van der Waals surface area (Å²) in [5.74, 6) is 11.7. The van der Waals surface area contributed by atoms with Crippen LogP contribution in [0.2, 0.25) is 0 Å². The molecule has 5 aromatic rings. The molecular weight excluding hydrogens is 573 g/mol. The molecule has 0 saturated heterocycles. The third kappa shape index (κ3) is 12.5. The minimum Gasteiger partial charge on any atom is -0.318 e. The van der Waals surface area contributed by atoms with Crippen LogP contribution in [-0.4, -0.2) is 11.3 Å². The summed E-state index contributed by atoms with van der Waals surface area (Å²) >= 11 is 0. The summed E-state index contributed by atoms with van der Waals surface area (Å²) in [6, 6.07) is 39.7. The van der Waals surface area contributed by atoms with Gasteiger partial charge in [-0.25, -0.2) is 0 Å². The molecule has 1 heterocycles. The van der Waals surface area contributed by atoms with Crippen LogP contribution in [0, 0.1) is 37.5 Å². The fraction of sp³-hybridized carbons (Fsp3) is 0.233. The molecule has 47 heavy (non-hydrogen) atoms. The molecule has 0 spiro atoms. The lowest BCUT2D eigenvalue weighted by Crippen LogP contribution is -2.00. The molecular formula is C43H46N4. The van der Waals surface area contributed by atoms with Crippen LogP contribution in [-0.2, 0) is 12.8 Å². The SMILES string of the molecule is C=Nc1ccccc1.CC#CCCCC#CC.Cc1c2c(c(C)n1-c1ccccc1)CCC2.c1ccc(N=Nc2ccccc2)cc1. The lowest BCUT2D eigenvalue weighted by molar-refractivity contribution is 0.855. The summed E-state index contributed by atoms with van der Waals surface area (Å²) in [6.07, 6.45) is 6.96. The van der Waals surface area contributed by atoms with Crippen molar-refractivity contribution in [1.82, 2.24) is 4.57 Å². The van der Waals surface area contributed by atoms with Crippen molar-refractivity contribution in [3.8, 4) is 29.4 Å². The molecule has 1 aliphatic carbocycles. The maximum absolute atomic E-state index is 4.10. The first kappa shape index (κ1) is 36.0. The van der Waals surface area contributed by atoms with Gasteiger partial charge in [0.05, 0.1) is 17.1 Å². The van der Waals surface area contributed by atoms with Crippen LogP contribution < -0.4 is 0 Å². The highest BCUT2D eigenvalue weighted by Crippen LogP contribution is 2.32. The summed E-state index contributed by atoms with van der Waals surface area (Å²) in [7, 11) is 0. The number of fused-ring (bicyclic) bond motifs is 1. The minimum absolute atomic E-state index is 0.872. The topological polar surface area (TPSA) is 42.0 Å². The second kappa shape index (κ2) is 21.3. The van der Waals surface area contributed by atoms with Crippen molar-refractivity contribution in [2.45, 2.75) is 66.2 Å². The van der Waals surface area contributed by atoms with E-state index in [4.69, 9.17) is 0 Å². The largest absolute Gasteiger partial charge is 0.318 e. The van der Waals surface area contributed by atoms with E-state index in [2.05, 4.69) is 94.4 Å². The van der Waals surface area contributed by atoms with Gasteiger partial charge >= 0.3 is 0 Å². The maximum atomic E-state index is 4.10. The highest BCUT2D eigenvalue weighted by atomic mass is 15.1. The van der Waals surface area contributed by atoms with Crippen LogP contribution in [0.5, 0.6) is 0 Å². The monoisotopic (exact) mass is 618 g/mol. The van der Waals surface area contributed by atoms with E-state index in [-0.39, 0.29) is 0 Å². The van der Waals surface area contributed by atoms with Crippen molar-refractivity contribution in [1.29, 1.82) is 0 Å². The maximum Gasteiger partial charge on any atom is 0.0857 e. The normalized spacial score (nSPS) is 10.6. The molecule has 0 N–H and O–H groups in total. The van der Waals surface area contributed by atoms with Crippen molar-refractivity contribution in [3.05, 3.63) is 144 Å². The number of nitrogens with zero attached hydrogens (tertiary/aromatic N) is 4. The fourth-order valence-electron chi connectivity index (χ4n) is 5.18. The second-order valence-corrected chi connectivity index (χ2v) is 10.7. The molecule has 6 rings (SSSR count). The van der Waals surface area contributed by atoms with Gasteiger partial charge in [-0.05, 0) is 120 Å². The zero-order valence-corrected chi connectivity index (χ0v) is 28.3. The summed E-state index contributed by atoms with van der Waals surface area (Å²) in [6.45, 7) is 11.6. The van der Waals surface area contributed by atoms with Crippen molar-refractivity contribution < 1.29 is 0 Å². The standard InChI is InChI=1S/C15H17N.C12H10N2.C9H12.C7H7N/c1-11-14-9-6-10-15(14)12(2)16(11)13-7-4-3-5-8-13;1-3-7-11(8-4-1)13-14-12-9-5-2-6-10-12;1-3-5-7-9-8-6-4-2;1-8-7-5-3-2-4-6-7/h3-5,7-8H,6,9-10H2,1-2H3;1-10H;7-9H2,1-2H3;2-6H,1H2. The Bertz CT molecular complexity index is 1680. The van der Waals surface area contributed by atoms with Gasteiger partial charge < -0.3 is 4.57 Å². The zero-order chi connectivity index (χ0) is 33.5. The van der Waals surface area contributed by atoms with Gasteiger partial charge in [0.1, 0.15) is 0 Å². The number of benzene rings is 4. The quantitative estimate of drug-likeness (QED) is 0.0786. The van der Waals surface area contributed by atoms with Gasteiger partial charge in [-0.1, -0.05) is 72.8 Å². The molecule has 0 unspecified atom stereocenters. The summed E-state index contributed by atoms with van der Waals surface area (Å²) in [4.78, 5) is 3.72. The average Bonchev–Trinajstić information content (AvgIpc) is 3.72. The lowest BCUT2D eigenvalue weighted by atomic mass is 10.2. The Morgan fingerprint density at radius 2 is 0.957 bits per heavy atom. The molecule has 238 valence electrons. The smallest absolute Gasteiger partial charge is 0.0857 e. The Labute approximate surface area is 282 Å². The third-order valence-corrected chi connectivity index (χ3v) is 7.47. The average molecular weight is 619 g/mol. The fourth-order valence-corrected chi connectivity index (χ4v) is 5.18. The molecule has 1 aliphatic rings. The molecule has 1 aromatic heterocycles. The summed E-state index contributed by atoms with van der Waals surface area (Å²) in [5.41, 5.74) is 10.0. The molecule has 0 bridgehead atoms. The van der Waals surface area contributed by atoms with Gasteiger partial charge in [-0.2, -0.15) is 10.2 Å². The molecule has 0 radical (unpaired) electrons. The first-order valence-electron chi connectivity index (χ1n) is 16.2. The van der Waals surface area contributed by atoms with Crippen LogP contribution in [0.15, 0.2) is 137 Å². The number of para-hydroxylation sites is 2. The predicted molar refractivity (Wildman–Crippen MR) is 201 cm³/mol. The molecule has 0 aliphatic heterocycles. The van der Waals surface area contributed by atoms with Crippen molar-refractivity contribution in [3.63, 3.8) is 0 Å². The Balaban J connectivity index is 0.000000178. The van der Waals surface area contributed by atoms with E-state index in [1.807, 2.05) is 105 Å². The summed E-state index contributed by atoms with van der Waals surface area (Å²) < 4.78 is 2.41. The van der Waals surface area contributed by atoms with E-state index in [1.165, 1.54) is 36.3 Å². The molecule has 0 fully saturated rings. The van der Waals surface area contributed by atoms with Gasteiger partial charge in [0.25, 0.3) is 0 Å². The number of hydrogen-bond acceptors (Lipinski definition) is 3. The van der Waals surface area contributed by atoms with E-state index in [0.29, 0.717) is 0 Å². The molecule has 0 saturated carbocycles. The van der Waals surface area contributed by atoms with Crippen molar-refractivity contribution in [2.75, 3.05) is 0 Å². The Hall–Kier alpha value is -5.45. The van der Waals surface area contributed by atoms with E-state index in [1.54, 1.807) is 11.1 Å². The second-order valence-electron chi connectivity index (χ2n) is 10.7. The predicted octanol–water partition coefficient (Wildman–Crippen LogP) is 11.9. The minimum atomic E-state index is 0.872. The van der Waals surface area contributed by atoms with Crippen molar-refractivity contribution >= 4 is 23.8 Å². The number of aromatic nitrogens is 1. The van der Waals surface area contributed by atoms with Gasteiger partial charge in [0.15, 0.2) is 0 Å². The number of rotatable bonds is 6. The lowest BCUT2D eigenvalue weighted by Gasteiger charge is -2.10. The Morgan fingerprint density at radius 1 is 0.574 bits per heavy atom. The van der Waals surface area contributed by atoms with Crippen LogP contribution in [0.3, 0.4) is 0 Å². The highest BCUT2D eigenvalue weighted by Gasteiger charge is 2.21. The van der Waals surface area contributed by atoms with Gasteiger partial charge in [0.2, 0.25) is 0 Å². The molecule has 0 amide bonds. The Morgan fingerprint density at radius 3 is 1.32 bits per heavy atom. The Kier molecular flexibility index (Phi) is 16.3. The van der Waals surface area contributed by atoms with E-state index in [0.717, 1.165) is 36.3 Å². The summed E-state index contributed by atoms with van der Waals surface area (Å²) in [5, 5.41) is 8.20. The molecule has 4 aromatic carbocycles. The van der Waals surface area contributed by atoms with Gasteiger partial charge in [-0.3, -0.25) is 4.99 Å². The van der Waals surface area contributed by atoms with E-state index >= 15 is 0 Å². The number of hydrogen-bond donors (Lipinski definition) is 0. The first-order chi connectivity index (χ1) is 23.1. The van der Waals surface area contributed by atoms with Crippen LogP contribution in [0.4, 0.5) is 17.1 Å². The molecule has 4 heteroatoms. The van der Waals surface area contributed by atoms with Gasteiger partial charge in [-0.15, -0.1) is 23.7 Å². The van der Waals surface area contributed by atoms with Gasteiger partial charge in [0, 0.05) is 29.9 Å². The van der Waals surface area contributed by atoms with Crippen LogP contribution >= 0.6 is 0 Å². The van der Waals surface area contributed by atoms with Crippen LogP contribution in [0.1, 0.15) is 62.0 Å². The first-order valence-corrected chi connectivity index (χ1v) is 16.2. The van der Waals surface area contributed by atoms with E-state index in [9.17, 15) is 0 Å².